The number of aromatic nitrogens is 1. The standard InChI is InChI=1S/C9H13NO3/c1-12-7-13-9-6-10-4-2-8(9)3-5-11/h2,4,6,11H,3,5,7H2,1H3. The molecule has 0 aliphatic heterocycles. The molecule has 0 radical (unpaired) electrons. The van der Waals surface area contributed by atoms with Crippen molar-refractivity contribution in [2.24, 2.45) is 0 Å². The van der Waals surface area contributed by atoms with E-state index in [1.54, 1.807) is 19.5 Å². The summed E-state index contributed by atoms with van der Waals surface area (Å²) in [6.45, 7) is 0.303. The Kier molecular flexibility index (Phi) is 4.21. The molecule has 0 atom stereocenters. The van der Waals surface area contributed by atoms with Crippen LogP contribution in [0.1, 0.15) is 5.56 Å². The van der Waals surface area contributed by atoms with Crippen LogP contribution in [0, 0.1) is 0 Å². The molecule has 0 fully saturated rings. The number of nitrogens with zero attached hydrogens (tertiary/aromatic N) is 1. The first-order chi connectivity index (χ1) is 6.38. The van der Waals surface area contributed by atoms with Crippen LogP contribution in [0.15, 0.2) is 18.5 Å². The van der Waals surface area contributed by atoms with Crippen molar-refractivity contribution in [3.05, 3.63) is 24.0 Å². The fourth-order valence-corrected chi connectivity index (χ4v) is 0.988. The summed E-state index contributed by atoms with van der Waals surface area (Å²) in [5.41, 5.74) is 0.939. The lowest BCUT2D eigenvalue weighted by molar-refractivity contribution is 0.0500. The molecule has 1 heterocycles. The number of pyridine rings is 1. The lowest BCUT2D eigenvalue weighted by Crippen LogP contribution is -2.03. The number of aliphatic hydroxyl groups excluding tert-OH is 1. The maximum atomic E-state index is 8.76. The van der Waals surface area contributed by atoms with Gasteiger partial charge in [-0.15, -0.1) is 0 Å². The Bertz CT molecular complexity index is 252. The van der Waals surface area contributed by atoms with E-state index >= 15 is 0 Å². The van der Waals surface area contributed by atoms with E-state index in [9.17, 15) is 0 Å². The molecule has 0 aromatic carbocycles. The lowest BCUT2D eigenvalue weighted by atomic mass is 10.2. The SMILES string of the molecule is COCOc1cnccc1CCO. The van der Waals surface area contributed by atoms with Gasteiger partial charge in [0.05, 0.1) is 6.20 Å². The van der Waals surface area contributed by atoms with Crippen molar-refractivity contribution in [1.82, 2.24) is 4.98 Å². The molecule has 0 amide bonds. The Morgan fingerprint density at radius 3 is 3.08 bits per heavy atom. The molecule has 0 saturated carbocycles. The Labute approximate surface area is 77.1 Å². The largest absolute Gasteiger partial charge is 0.466 e. The fourth-order valence-electron chi connectivity index (χ4n) is 0.988. The maximum absolute atomic E-state index is 8.76. The van der Waals surface area contributed by atoms with Gasteiger partial charge in [0.15, 0.2) is 6.79 Å². The molecule has 1 N–H and O–H groups in total. The smallest absolute Gasteiger partial charge is 0.188 e. The summed E-state index contributed by atoms with van der Waals surface area (Å²) in [6.07, 6.45) is 3.86. The predicted octanol–water partition coefficient (Wildman–Crippen LogP) is 0.599. The van der Waals surface area contributed by atoms with Crippen molar-refractivity contribution in [2.75, 3.05) is 20.5 Å². The third-order valence-electron chi connectivity index (χ3n) is 1.58. The topological polar surface area (TPSA) is 51.6 Å². The van der Waals surface area contributed by atoms with Crippen LogP contribution in [0.25, 0.3) is 0 Å². The highest BCUT2D eigenvalue weighted by Crippen LogP contribution is 2.16. The predicted molar refractivity (Wildman–Crippen MR) is 47.5 cm³/mol. The van der Waals surface area contributed by atoms with Crippen LogP contribution in [0.3, 0.4) is 0 Å². The average Bonchev–Trinajstić information content (AvgIpc) is 2.17. The summed E-state index contributed by atoms with van der Waals surface area (Å²) in [5.74, 6) is 0.665. The third kappa shape index (κ3) is 3.01. The monoisotopic (exact) mass is 183 g/mol. The second-order valence-corrected chi connectivity index (χ2v) is 2.51. The van der Waals surface area contributed by atoms with Crippen LogP contribution in [0.4, 0.5) is 0 Å². The van der Waals surface area contributed by atoms with Gasteiger partial charge in [-0.3, -0.25) is 4.98 Å². The molecule has 72 valence electrons. The number of hydrogen-bond acceptors (Lipinski definition) is 4. The van der Waals surface area contributed by atoms with Crippen molar-refractivity contribution in [2.45, 2.75) is 6.42 Å². The van der Waals surface area contributed by atoms with Gasteiger partial charge in [0.1, 0.15) is 5.75 Å². The van der Waals surface area contributed by atoms with Crippen molar-refractivity contribution >= 4 is 0 Å². The minimum atomic E-state index is 0.105. The summed E-state index contributed by atoms with van der Waals surface area (Å²) in [6, 6.07) is 1.82. The number of ether oxygens (including phenoxy) is 2. The zero-order valence-electron chi connectivity index (χ0n) is 7.56. The van der Waals surface area contributed by atoms with Crippen LogP contribution in [0.2, 0.25) is 0 Å². The Morgan fingerprint density at radius 2 is 2.38 bits per heavy atom. The van der Waals surface area contributed by atoms with E-state index in [2.05, 4.69) is 4.98 Å². The van der Waals surface area contributed by atoms with Crippen LogP contribution in [0.5, 0.6) is 5.75 Å². The number of rotatable bonds is 5. The second kappa shape index (κ2) is 5.50. The molecule has 1 aromatic rings. The van der Waals surface area contributed by atoms with Crippen molar-refractivity contribution < 1.29 is 14.6 Å². The average molecular weight is 183 g/mol. The summed E-state index contributed by atoms with van der Waals surface area (Å²) >= 11 is 0. The molecule has 0 saturated heterocycles. The Morgan fingerprint density at radius 1 is 1.54 bits per heavy atom. The first-order valence-corrected chi connectivity index (χ1v) is 4.04. The zero-order valence-corrected chi connectivity index (χ0v) is 7.56. The molecule has 0 bridgehead atoms. The Hall–Kier alpha value is -1.13. The highest BCUT2D eigenvalue weighted by Gasteiger charge is 2.01. The summed E-state index contributed by atoms with van der Waals surface area (Å²) in [4.78, 5) is 3.92. The van der Waals surface area contributed by atoms with E-state index in [1.165, 1.54) is 0 Å². The normalized spacial score (nSPS) is 10.0. The van der Waals surface area contributed by atoms with E-state index in [1.807, 2.05) is 6.07 Å². The van der Waals surface area contributed by atoms with Gasteiger partial charge < -0.3 is 14.6 Å². The van der Waals surface area contributed by atoms with Crippen LogP contribution < -0.4 is 4.74 Å². The maximum Gasteiger partial charge on any atom is 0.188 e. The van der Waals surface area contributed by atoms with Gasteiger partial charge in [0.2, 0.25) is 0 Å². The van der Waals surface area contributed by atoms with Gasteiger partial charge in [-0.1, -0.05) is 0 Å². The third-order valence-corrected chi connectivity index (χ3v) is 1.58. The van der Waals surface area contributed by atoms with E-state index in [0.29, 0.717) is 12.2 Å². The van der Waals surface area contributed by atoms with Crippen molar-refractivity contribution in [3.63, 3.8) is 0 Å². The highest BCUT2D eigenvalue weighted by molar-refractivity contribution is 5.29. The molecule has 13 heavy (non-hydrogen) atoms. The van der Waals surface area contributed by atoms with Gasteiger partial charge in [0.25, 0.3) is 0 Å². The van der Waals surface area contributed by atoms with E-state index in [-0.39, 0.29) is 13.4 Å². The number of aliphatic hydroxyl groups is 1. The van der Waals surface area contributed by atoms with Crippen molar-refractivity contribution in [3.8, 4) is 5.75 Å². The van der Waals surface area contributed by atoms with Gasteiger partial charge in [-0.2, -0.15) is 0 Å². The van der Waals surface area contributed by atoms with E-state index in [0.717, 1.165) is 5.56 Å². The summed E-state index contributed by atoms with van der Waals surface area (Å²) in [5, 5.41) is 8.76. The molecule has 1 aromatic heterocycles. The minimum Gasteiger partial charge on any atom is -0.466 e. The molecule has 4 heteroatoms. The first kappa shape index (κ1) is 9.95. The van der Waals surface area contributed by atoms with Crippen LogP contribution in [-0.2, 0) is 11.2 Å². The van der Waals surface area contributed by atoms with Gasteiger partial charge >= 0.3 is 0 Å². The quantitative estimate of drug-likeness (QED) is 0.679. The Balaban J connectivity index is 2.66. The number of hydrogen-bond donors (Lipinski definition) is 1. The summed E-state index contributed by atoms with van der Waals surface area (Å²) in [7, 11) is 1.56. The second-order valence-electron chi connectivity index (χ2n) is 2.51. The molecular formula is C9H13NO3. The molecular weight excluding hydrogens is 170 g/mol. The first-order valence-electron chi connectivity index (χ1n) is 4.04. The molecule has 0 aliphatic rings. The molecule has 0 unspecified atom stereocenters. The van der Waals surface area contributed by atoms with Gasteiger partial charge in [-0.05, 0) is 18.1 Å². The zero-order chi connectivity index (χ0) is 9.52. The molecule has 4 nitrogen and oxygen atoms in total. The minimum absolute atomic E-state index is 0.105. The van der Waals surface area contributed by atoms with Gasteiger partial charge in [-0.25, -0.2) is 0 Å². The van der Waals surface area contributed by atoms with Crippen LogP contribution in [-0.4, -0.2) is 30.6 Å². The summed E-state index contributed by atoms with van der Waals surface area (Å²) < 4.78 is 10.0. The van der Waals surface area contributed by atoms with Crippen LogP contribution >= 0.6 is 0 Å². The highest BCUT2D eigenvalue weighted by atomic mass is 16.7. The lowest BCUT2D eigenvalue weighted by Gasteiger charge is -2.08. The van der Waals surface area contributed by atoms with Gasteiger partial charge in [0, 0.05) is 19.9 Å². The van der Waals surface area contributed by atoms with Crippen molar-refractivity contribution in [1.29, 1.82) is 0 Å². The molecule has 1 rings (SSSR count). The number of methoxy groups -OCH3 is 1. The molecule has 0 aliphatic carbocycles. The fraction of sp³-hybridized carbons (Fsp3) is 0.444. The van der Waals surface area contributed by atoms with E-state index in [4.69, 9.17) is 14.6 Å². The van der Waals surface area contributed by atoms with E-state index < -0.39 is 0 Å². The molecule has 0 spiro atoms.